The molecule has 1 saturated heterocycles. The predicted octanol–water partition coefficient (Wildman–Crippen LogP) is 3.19. The summed E-state index contributed by atoms with van der Waals surface area (Å²) in [6, 6.07) is 15.0. The van der Waals surface area contributed by atoms with Crippen LogP contribution in [-0.2, 0) is 10.0 Å². The third-order valence-electron chi connectivity index (χ3n) is 5.29. The van der Waals surface area contributed by atoms with E-state index in [1.54, 1.807) is 30.9 Å². The van der Waals surface area contributed by atoms with Crippen molar-refractivity contribution in [1.29, 1.82) is 0 Å². The summed E-state index contributed by atoms with van der Waals surface area (Å²) in [5.74, 6) is 1.61. The molecule has 0 saturated carbocycles. The highest BCUT2D eigenvalue weighted by Gasteiger charge is 2.28. The Balaban J connectivity index is 1.42. The van der Waals surface area contributed by atoms with Crippen molar-refractivity contribution >= 4 is 27.0 Å². The summed E-state index contributed by atoms with van der Waals surface area (Å²) in [5.41, 5.74) is 1.16. The standard InChI is InChI=1S/C21H25N3O4S2/c1-27-18-8-6-17(7-9-18)23-10-12-24(13-11-23)19(20-4-2-14-28-20)16-22-30(25,26)21-5-3-15-29-21/h2-9,14-15,19,22H,10-13,16H2,1H3/t19-/m0/s1. The molecule has 0 amide bonds. The highest BCUT2D eigenvalue weighted by atomic mass is 32.2. The Bertz CT molecular complexity index is 1010. The molecule has 0 radical (unpaired) electrons. The minimum absolute atomic E-state index is 0.159. The Labute approximate surface area is 180 Å². The van der Waals surface area contributed by atoms with Crippen molar-refractivity contribution < 1.29 is 17.6 Å². The van der Waals surface area contributed by atoms with Crippen molar-refractivity contribution in [3.63, 3.8) is 0 Å². The lowest BCUT2D eigenvalue weighted by atomic mass is 10.1. The molecule has 0 aliphatic carbocycles. The van der Waals surface area contributed by atoms with Crippen molar-refractivity contribution in [2.45, 2.75) is 10.3 Å². The Kier molecular flexibility index (Phi) is 6.43. The third-order valence-corrected chi connectivity index (χ3v) is 8.11. The van der Waals surface area contributed by atoms with Crippen LogP contribution < -0.4 is 14.4 Å². The highest BCUT2D eigenvalue weighted by Crippen LogP contribution is 2.26. The van der Waals surface area contributed by atoms with Gasteiger partial charge in [-0.2, -0.15) is 0 Å². The second-order valence-corrected chi connectivity index (χ2v) is 9.98. The largest absolute Gasteiger partial charge is 0.497 e. The van der Waals surface area contributed by atoms with E-state index in [0.717, 1.165) is 43.4 Å². The number of methoxy groups -OCH3 is 1. The first-order chi connectivity index (χ1) is 14.6. The van der Waals surface area contributed by atoms with Gasteiger partial charge in [-0.3, -0.25) is 4.90 Å². The lowest BCUT2D eigenvalue weighted by Gasteiger charge is -2.39. The minimum atomic E-state index is -3.52. The van der Waals surface area contributed by atoms with E-state index >= 15 is 0 Å². The van der Waals surface area contributed by atoms with Gasteiger partial charge in [-0.1, -0.05) is 6.07 Å². The molecule has 1 N–H and O–H groups in total. The molecular weight excluding hydrogens is 422 g/mol. The van der Waals surface area contributed by atoms with E-state index in [1.807, 2.05) is 24.3 Å². The average molecular weight is 448 g/mol. The van der Waals surface area contributed by atoms with Gasteiger partial charge in [0.05, 0.1) is 19.4 Å². The van der Waals surface area contributed by atoms with Gasteiger partial charge in [0.1, 0.15) is 15.7 Å². The summed E-state index contributed by atoms with van der Waals surface area (Å²) in [5, 5.41) is 1.76. The number of anilines is 1. The smallest absolute Gasteiger partial charge is 0.250 e. The molecule has 30 heavy (non-hydrogen) atoms. The van der Waals surface area contributed by atoms with Crippen LogP contribution in [0, 0.1) is 0 Å². The Hall–Kier alpha value is -2.33. The van der Waals surface area contributed by atoms with E-state index in [4.69, 9.17) is 9.15 Å². The molecule has 1 atom stereocenters. The number of thiophene rings is 1. The number of piperazine rings is 1. The molecular formula is C21H25N3O4S2. The molecule has 4 rings (SSSR count). The van der Waals surface area contributed by atoms with E-state index in [2.05, 4.69) is 26.7 Å². The first-order valence-electron chi connectivity index (χ1n) is 9.76. The molecule has 0 spiro atoms. The zero-order valence-electron chi connectivity index (χ0n) is 16.7. The van der Waals surface area contributed by atoms with Crippen molar-refractivity contribution in [2.75, 3.05) is 44.7 Å². The van der Waals surface area contributed by atoms with Gasteiger partial charge in [0.25, 0.3) is 0 Å². The second-order valence-electron chi connectivity index (χ2n) is 7.04. The zero-order chi connectivity index (χ0) is 21.0. The number of benzene rings is 1. The first kappa shape index (κ1) is 20.9. The van der Waals surface area contributed by atoms with Crippen LogP contribution in [0.5, 0.6) is 5.75 Å². The van der Waals surface area contributed by atoms with E-state index < -0.39 is 10.0 Å². The third kappa shape index (κ3) is 4.70. The van der Waals surface area contributed by atoms with Crippen molar-refractivity contribution in [3.8, 4) is 5.75 Å². The number of hydrogen-bond acceptors (Lipinski definition) is 7. The molecule has 3 heterocycles. The van der Waals surface area contributed by atoms with Gasteiger partial charge < -0.3 is 14.1 Å². The summed E-state index contributed by atoms with van der Waals surface area (Å²) in [4.78, 5) is 4.60. The van der Waals surface area contributed by atoms with Crippen LogP contribution in [0.1, 0.15) is 11.8 Å². The molecule has 1 aromatic carbocycles. The fraction of sp³-hybridized carbons (Fsp3) is 0.333. The lowest BCUT2D eigenvalue weighted by Crippen LogP contribution is -2.49. The molecule has 0 bridgehead atoms. The normalized spacial score (nSPS) is 16.5. The number of ether oxygens (including phenoxy) is 1. The van der Waals surface area contributed by atoms with Crippen LogP contribution in [0.4, 0.5) is 5.69 Å². The van der Waals surface area contributed by atoms with Crippen LogP contribution in [0.2, 0.25) is 0 Å². The Morgan fingerprint density at radius 1 is 1.10 bits per heavy atom. The number of nitrogens with one attached hydrogen (secondary N) is 1. The Morgan fingerprint density at radius 3 is 2.47 bits per heavy atom. The van der Waals surface area contributed by atoms with Crippen LogP contribution >= 0.6 is 11.3 Å². The number of furan rings is 1. The maximum Gasteiger partial charge on any atom is 0.250 e. The molecule has 1 aliphatic heterocycles. The quantitative estimate of drug-likeness (QED) is 0.572. The maximum absolute atomic E-state index is 12.6. The van der Waals surface area contributed by atoms with Crippen molar-refractivity contribution in [3.05, 3.63) is 65.9 Å². The summed E-state index contributed by atoms with van der Waals surface area (Å²) in [6.07, 6.45) is 1.63. The molecule has 9 heteroatoms. The minimum Gasteiger partial charge on any atom is -0.497 e. The lowest BCUT2D eigenvalue weighted by molar-refractivity contribution is 0.166. The van der Waals surface area contributed by atoms with Gasteiger partial charge in [-0.25, -0.2) is 13.1 Å². The van der Waals surface area contributed by atoms with Gasteiger partial charge >= 0.3 is 0 Å². The number of hydrogen-bond donors (Lipinski definition) is 1. The average Bonchev–Trinajstić information content (AvgIpc) is 3.49. The van der Waals surface area contributed by atoms with E-state index in [9.17, 15) is 8.42 Å². The van der Waals surface area contributed by atoms with Crippen molar-refractivity contribution in [2.24, 2.45) is 0 Å². The summed E-state index contributed by atoms with van der Waals surface area (Å²) in [6.45, 7) is 3.56. The molecule has 2 aromatic heterocycles. The maximum atomic E-state index is 12.6. The predicted molar refractivity (Wildman–Crippen MR) is 118 cm³/mol. The van der Waals surface area contributed by atoms with Gasteiger partial charge in [0.15, 0.2) is 0 Å². The highest BCUT2D eigenvalue weighted by molar-refractivity contribution is 7.91. The molecule has 0 unspecified atom stereocenters. The molecule has 1 aliphatic rings. The monoisotopic (exact) mass is 447 g/mol. The van der Waals surface area contributed by atoms with Gasteiger partial charge in [-0.05, 0) is 47.8 Å². The van der Waals surface area contributed by atoms with Crippen LogP contribution in [0.15, 0.2) is 68.8 Å². The number of rotatable bonds is 8. The Morgan fingerprint density at radius 2 is 1.87 bits per heavy atom. The van der Waals surface area contributed by atoms with Gasteiger partial charge in [-0.15, -0.1) is 11.3 Å². The van der Waals surface area contributed by atoms with E-state index in [0.29, 0.717) is 4.21 Å². The molecule has 160 valence electrons. The molecule has 7 nitrogen and oxygen atoms in total. The topological polar surface area (TPSA) is 75.0 Å². The molecule has 1 fully saturated rings. The summed E-state index contributed by atoms with van der Waals surface area (Å²) >= 11 is 1.21. The van der Waals surface area contributed by atoms with Crippen molar-refractivity contribution in [1.82, 2.24) is 9.62 Å². The first-order valence-corrected chi connectivity index (χ1v) is 12.1. The fourth-order valence-corrected chi connectivity index (χ4v) is 5.73. The van der Waals surface area contributed by atoms with E-state index in [-0.39, 0.29) is 12.6 Å². The summed E-state index contributed by atoms with van der Waals surface area (Å²) < 4.78 is 39.1. The number of sulfonamides is 1. The van der Waals surface area contributed by atoms with Gasteiger partial charge in [0, 0.05) is 38.4 Å². The second kappa shape index (κ2) is 9.22. The van der Waals surface area contributed by atoms with Crippen LogP contribution in [-0.4, -0.2) is 53.2 Å². The fourth-order valence-electron chi connectivity index (χ4n) is 3.65. The van der Waals surface area contributed by atoms with E-state index in [1.165, 1.54) is 11.3 Å². The summed E-state index contributed by atoms with van der Waals surface area (Å²) in [7, 11) is -1.86. The van der Waals surface area contributed by atoms with Crippen LogP contribution in [0.25, 0.3) is 0 Å². The van der Waals surface area contributed by atoms with Gasteiger partial charge in [0.2, 0.25) is 10.0 Å². The van der Waals surface area contributed by atoms with Crippen LogP contribution in [0.3, 0.4) is 0 Å². The SMILES string of the molecule is COc1ccc(N2CCN([C@@H](CNS(=O)(=O)c3cccs3)c3ccco3)CC2)cc1. The number of nitrogens with zero attached hydrogens (tertiary/aromatic N) is 2. The molecule has 3 aromatic rings. The zero-order valence-corrected chi connectivity index (χ0v) is 18.4.